The Labute approximate surface area is 156 Å². The van der Waals surface area contributed by atoms with Gasteiger partial charge < -0.3 is 4.42 Å². The van der Waals surface area contributed by atoms with Gasteiger partial charge in [0.1, 0.15) is 12.1 Å². The van der Waals surface area contributed by atoms with Crippen LogP contribution in [0.3, 0.4) is 0 Å². The quantitative estimate of drug-likeness (QED) is 0.634. The van der Waals surface area contributed by atoms with Crippen LogP contribution in [0.5, 0.6) is 0 Å². The molecule has 0 N–H and O–H groups in total. The topological polar surface area (TPSA) is 60.0 Å². The Morgan fingerprint density at radius 1 is 1.00 bits per heavy atom. The second-order valence-corrected chi connectivity index (χ2v) is 7.61. The molecule has 0 amide bonds. The fourth-order valence-corrected chi connectivity index (χ4v) is 4.49. The molecular weight excluding hydrogens is 350 g/mol. The number of hydrogen-bond donors (Lipinski definition) is 0. The molecule has 1 aromatic carbocycles. The predicted molar refractivity (Wildman–Crippen MR) is 96.9 cm³/mol. The Morgan fingerprint density at radius 2 is 1.81 bits per heavy atom. The van der Waals surface area contributed by atoms with Gasteiger partial charge in [0.25, 0.3) is 0 Å². The lowest BCUT2D eigenvalue weighted by Gasteiger charge is -2.26. The summed E-state index contributed by atoms with van der Waals surface area (Å²) in [5, 5.41) is 9.04. The maximum atomic E-state index is 6.38. The van der Waals surface area contributed by atoms with Gasteiger partial charge in [0.05, 0.1) is 18.4 Å². The lowest BCUT2D eigenvalue weighted by Crippen LogP contribution is -2.17. The fraction of sp³-hybridized carbons (Fsp3) is 0.421. The summed E-state index contributed by atoms with van der Waals surface area (Å²) in [6, 6.07) is 8.39. The fourth-order valence-electron chi connectivity index (χ4n) is 4.25. The second kappa shape index (κ2) is 6.52. The van der Waals surface area contributed by atoms with E-state index in [9.17, 15) is 0 Å². The molecular formula is C19H20ClN5O. The van der Waals surface area contributed by atoms with Crippen molar-refractivity contribution in [1.29, 1.82) is 0 Å². The predicted octanol–water partition coefficient (Wildman–Crippen LogP) is 4.17. The molecule has 5 rings (SSSR count). The molecule has 0 unspecified atom stereocenters. The van der Waals surface area contributed by atoms with Gasteiger partial charge in [-0.2, -0.15) is 0 Å². The molecule has 6 nitrogen and oxygen atoms in total. The van der Waals surface area contributed by atoms with Crippen molar-refractivity contribution in [2.75, 3.05) is 0 Å². The Hall–Kier alpha value is -2.18. The lowest BCUT2D eigenvalue weighted by molar-refractivity contribution is 0.331. The number of aromatic nitrogens is 4. The zero-order valence-corrected chi connectivity index (χ0v) is 15.1. The van der Waals surface area contributed by atoms with Gasteiger partial charge >= 0.3 is 0 Å². The molecule has 0 spiro atoms. The van der Waals surface area contributed by atoms with E-state index in [4.69, 9.17) is 16.2 Å². The highest BCUT2D eigenvalue weighted by molar-refractivity contribution is 6.13. The van der Waals surface area contributed by atoms with E-state index >= 15 is 0 Å². The first-order valence-electron chi connectivity index (χ1n) is 9.12. The average Bonchev–Trinajstić information content (AvgIpc) is 3.30. The van der Waals surface area contributed by atoms with E-state index in [-0.39, 0.29) is 0 Å². The van der Waals surface area contributed by atoms with Crippen LogP contribution in [0, 0.1) is 0 Å². The van der Waals surface area contributed by atoms with Crippen molar-refractivity contribution in [2.45, 2.75) is 50.6 Å². The standard InChI is InChI=1S/C19H20ClN5O/c20-24-11-15-3-1-2-4-16(15)25-17(12-24)22-23-18(25)13-5-7-14(8-6-13)19-21-9-10-26-19/h1-4,9-10,13-14H,5-8,11-12H2. The summed E-state index contributed by atoms with van der Waals surface area (Å²) < 4.78 is 9.50. The highest BCUT2D eigenvalue weighted by atomic mass is 35.5. The van der Waals surface area contributed by atoms with Crippen molar-refractivity contribution in [3.63, 3.8) is 0 Å². The molecule has 7 heteroatoms. The molecule has 3 aromatic rings. The molecule has 26 heavy (non-hydrogen) atoms. The van der Waals surface area contributed by atoms with E-state index in [0.29, 0.717) is 24.9 Å². The van der Waals surface area contributed by atoms with E-state index in [2.05, 4.69) is 44.0 Å². The molecule has 2 aromatic heterocycles. The van der Waals surface area contributed by atoms with Crippen molar-refractivity contribution in [3.05, 3.63) is 59.8 Å². The van der Waals surface area contributed by atoms with Crippen molar-refractivity contribution >= 4 is 11.8 Å². The van der Waals surface area contributed by atoms with Crippen LogP contribution in [-0.4, -0.2) is 24.2 Å². The maximum absolute atomic E-state index is 6.38. The summed E-state index contributed by atoms with van der Waals surface area (Å²) in [7, 11) is 0. The summed E-state index contributed by atoms with van der Waals surface area (Å²) in [5.41, 5.74) is 2.36. The molecule has 0 radical (unpaired) electrons. The van der Waals surface area contributed by atoms with Crippen LogP contribution in [-0.2, 0) is 13.1 Å². The molecule has 0 bridgehead atoms. The third-order valence-electron chi connectivity index (χ3n) is 5.54. The largest absolute Gasteiger partial charge is 0.449 e. The summed E-state index contributed by atoms with van der Waals surface area (Å²) in [4.78, 5) is 4.33. The van der Waals surface area contributed by atoms with Crippen molar-refractivity contribution in [2.24, 2.45) is 0 Å². The Bertz CT molecular complexity index is 899. The van der Waals surface area contributed by atoms with Gasteiger partial charge in [-0.15, -0.1) is 10.2 Å². The van der Waals surface area contributed by atoms with Crippen LogP contribution in [0.25, 0.3) is 5.69 Å². The first-order chi connectivity index (χ1) is 12.8. The summed E-state index contributed by atoms with van der Waals surface area (Å²) in [6.45, 7) is 1.30. The zero-order valence-electron chi connectivity index (χ0n) is 14.4. The number of hydrogen-bond acceptors (Lipinski definition) is 5. The maximum Gasteiger partial charge on any atom is 0.197 e. The minimum absolute atomic E-state index is 0.400. The van der Waals surface area contributed by atoms with E-state index in [1.807, 2.05) is 0 Å². The van der Waals surface area contributed by atoms with Gasteiger partial charge in [-0.05, 0) is 49.1 Å². The van der Waals surface area contributed by atoms with Crippen LogP contribution >= 0.6 is 11.8 Å². The van der Waals surface area contributed by atoms with Crippen LogP contribution in [0.2, 0.25) is 0 Å². The molecule has 2 aliphatic rings. The Morgan fingerprint density at radius 3 is 2.62 bits per heavy atom. The lowest BCUT2D eigenvalue weighted by atomic mass is 9.81. The van der Waals surface area contributed by atoms with E-state index in [1.165, 1.54) is 5.56 Å². The van der Waals surface area contributed by atoms with Crippen molar-refractivity contribution < 1.29 is 4.42 Å². The minimum Gasteiger partial charge on any atom is -0.449 e. The van der Waals surface area contributed by atoms with Crippen molar-refractivity contribution in [1.82, 2.24) is 24.2 Å². The van der Waals surface area contributed by atoms with Gasteiger partial charge in [-0.25, -0.2) is 9.40 Å². The van der Waals surface area contributed by atoms with Crippen LogP contribution in [0.4, 0.5) is 0 Å². The Kier molecular flexibility index (Phi) is 4.02. The highest BCUT2D eigenvalue weighted by Gasteiger charge is 2.31. The zero-order chi connectivity index (χ0) is 17.5. The van der Waals surface area contributed by atoms with Crippen LogP contribution in [0.15, 0.2) is 41.1 Å². The number of halogens is 1. The van der Waals surface area contributed by atoms with E-state index in [0.717, 1.165) is 48.9 Å². The molecule has 1 fully saturated rings. The van der Waals surface area contributed by atoms with Gasteiger partial charge in [-0.3, -0.25) is 4.57 Å². The SMILES string of the molecule is ClN1Cc2ccccc2-n2c(nnc2C2CCC(c3ncco3)CC2)C1. The van der Waals surface area contributed by atoms with Gasteiger partial charge in [-0.1, -0.05) is 18.2 Å². The molecule has 3 heterocycles. The monoisotopic (exact) mass is 369 g/mol. The smallest absolute Gasteiger partial charge is 0.197 e. The second-order valence-electron chi connectivity index (χ2n) is 7.14. The first kappa shape index (κ1) is 16.0. The minimum atomic E-state index is 0.400. The molecule has 1 aliphatic heterocycles. The molecule has 0 atom stereocenters. The number of nitrogens with zero attached hydrogens (tertiary/aromatic N) is 5. The number of oxazole rings is 1. The third kappa shape index (κ3) is 2.73. The van der Waals surface area contributed by atoms with Gasteiger partial charge in [0, 0.05) is 18.4 Å². The number of para-hydroxylation sites is 1. The Balaban J connectivity index is 1.46. The molecule has 1 aliphatic carbocycles. The van der Waals surface area contributed by atoms with Gasteiger partial charge in [0.15, 0.2) is 11.7 Å². The van der Waals surface area contributed by atoms with Crippen molar-refractivity contribution in [3.8, 4) is 5.69 Å². The molecule has 1 saturated carbocycles. The highest BCUT2D eigenvalue weighted by Crippen LogP contribution is 2.40. The summed E-state index contributed by atoms with van der Waals surface area (Å²) in [6.07, 6.45) is 7.66. The normalized spacial score (nSPS) is 23.3. The van der Waals surface area contributed by atoms with Crippen LogP contribution < -0.4 is 0 Å². The average molecular weight is 370 g/mol. The van der Waals surface area contributed by atoms with Crippen LogP contribution in [0.1, 0.15) is 60.6 Å². The third-order valence-corrected chi connectivity index (χ3v) is 5.77. The molecule has 134 valence electrons. The summed E-state index contributed by atoms with van der Waals surface area (Å²) >= 11 is 6.38. The molecule has 0 saturated heterocycles. The number of benzene rings is 1. The van der Waals surface area contributed by atoms with E-state index < -0.39 is 0 Å². The number of rotatable bonds is 2. The number of fused-ring (bicyclic) bond motifs is 3. The van der Waals surface area contributed by atoms with Gasteiger partial charge in [0.2, 0.25) is 0 Å². The first-order valence-corrected chi connectivity index (χ1v) is 9.46. The van der Waals surface area contributed by atoms with E-state index in [1.54, 1.807) is 16.9 Å². The summed E-state index contributed by atoms with van der Waals surface area (Å²) in [5.74, 6) is 3.66.